The van der Waals surface area contributed by atoms with Gasteiger partial charge in [0, 0.05) is 11.1 Å². The number of ketones is 1. The fourth-order valence-electron chi connectivity index (χ4n) is 2.71. The molecule has 0 unspecified atom stereocenters. The molecule has 0 spiro atoms. The minimum Gasteiger partial charge on any atom is -0.289 e. The Morgan fingerprint density at radius 1 is 0.682 bits per heavy atom. The maximum atomic E-state index is 12.5. The van der Waals surface area contributed by atoms with Crippen LogP contribution in [0.25, 0.3) is 12.2 Å². The van der Waals surface area contributed by atoms with Crippen molar-refractivity contribution in [2.75, 3.05) is 0 Å². The summed E-state index contributed by atoms with van der Waals surface area (Å²) in [5.41, 5.74) is 6.51. The van der Waals surface area contributed by atoms with E-state index < -0.39 is 0 Å². The van der Waals surface area contributed by atoms with E-state index in [1.807, 2.05) is 12.2 Å². The van der Waals surface area contributed by atoms with Crippen LogP contribution in [0.5, 0.6) is 0 Å². The van der Waals surface area contributed by atoms with Crippen LogP contribution in [-0.4, -0.2) is 5.78 Å². The number of carbonyl (C=O) groups is 1. The summed E-state index contributed by atoms with van der Waals surface area (Å²) in [5, 5.41) is 0. The third-order valence-corrected chi connectivity index (χ3v) is 4.08. The summed E-state index contributed by atoms with van der Waals surface area (Å²) in [6, 6.07) is 16.6. The molecule has 0 N–H and O–H groups in total. The number of rotatable bonds is 2. The van der Waals surface area contributed by atoms with Gasteiger partial charge in [0.25, 0.3) is 0 Å². The monoisotopic (exact) mass is 288 g/mol. The van der Waals surface area contributed by atoms with E-state index in [-0.39, 0.29) is 5.78 Å². The van der Waals surface area contributed by atoms with E-state index in [4.69, 9.17) is 0 Å². The third kappa shape index (κ3) is 3.25. The molecule has 3 rings (SSSR count). The Balaban J connectivity index is 1.82. The van der Waals surface area contributed by atoms with Crippen molar-refractivity contribution in [3.63, 3.8) is 0 Å². The van der Waals surface area contributed by atoms with Crippen molar-refractivity contribution >= 4 is 17.9 Å². The summed E-state index contributed by atoms with van der Waals surface area (Å²) in [7, 11) is 0. The van der Waals surface area contributed by atoms with Crippen LogP contribution in [0.4, 0.5) is 0 Å². The van der Waals surface area contributed by atoms with Crippen molar-refractivity contribution in [2.45, 2.75) is 26.7 Å². The van der Waals surface area contributed by atoms with Crippen molar-refractivity contribution < 1.29 is 4.79 Å². The Morgan fingerprint density at radius 2 is 1.05 bits per heavy atom. The minimum atomic E-state index is 0.196. The first-order chi connectivity index (χ1) is 10.6. The number of Topliss-reactive ketones (excluding diaryl/α,β-unsaturated/α-hetero) is 1. The van der Waals surface area contributed by atoms with Gasteiger partial charge >= 0.3 is 0 Å². The lowest BCUT2D eigenvalue weighted by molar-refractivity contribution is -0.111. The Hall–Kier alpha value is -2.41. The van der Waals surface area contributed by atoms with E-state index in [1.165, 1.54) is 11.1 Å². The van der Waals surface area contributed by atoms with E-state index in [0.717, 1.165) is 35.1 Å². The molecule has 2 aromatic carbocycles. The van der Waals surface area contributed by atoms with Crippen molar-refractivity contribution in [3.8, 4) is 0 Å². The molecular weight excluding hydrogens is 268 g/mol. The highest BCUT2D eigenvalue weighted by Crippen LogP contribution is 2.29. The zero-order chi connectivity index (χ0) is 15.5. The summed E-state index contributed by atoms with van der Waals surface area (Å²) in [6.07, 6.45) is 5.73. The van der Waals surface area contributed by atoms with Crippen LogP contribution in [0.15, 0.2) is 59.7 Å². The molecule has 0 aliphatic heterocycles. The van der Waals surface area contributed by atoms with E-state index in [0.29, 0.717) is 0 Å². The molecule has 1 saturated carbocycles. The lowest BCUT2D eigenvalue weighted by atomic mass is 10.1. The van der Waals surface area contributed by atoms with Crippen LogP contribution in [0, 0.1) is 13.8 Å². The van der Waals surface area contributed by atoms with Crippen LogP contribution in [0.2, 0.25) is 0 Å². The SMILES string of the molecule is Cc1ccc(/C=C2/CC/C(=C/c3ccc(C)cc3)C2=O)cc1. The van der Waals surface area contributed by atoms with Gasteiger partial charge in [0.15, 0.2) is 5.78 Å². The third-order valence-electron chi connectivity index (χ3n) is 4.08. The molecular formula is C21H20O. The number of aryl methyl sites for hydroxylation is 2. The van der Waals surface area contributed by atoms with E-state index in [9.17, 15) is 4.79 Å². The molecule has 1 aliphatic rings. The normalized spacial score (nSPS) is 18.4. The highest BCUT2D eigenvalue weighted by molar-refractivity contribution is 6.15. The predicted molar refractivity (Wildman–Crippen MR) is 92.6 cm³/mol. The second kappa shape index (κ2) is 6.15. The maximum absolute atomic E-state index is 12.5. The second-order valence-corrected chi connectivity index (χ2v) is 5.99. The van der Waals surface area contributed by atoms with Crippen LogP contribution in [-0.2, 0) is 4.79 Å². The van der Waals surface area contributed by atoms with Gasteiger partial charge in [0.05, 0.1) is 0 Å². The number of carbonyl (C=O) groups excluding carboxylic acids is 1. The van der Waals surface area contributed by atoms with Crippen molar-refractivity contribution in [1.82, 2.24) is 0 Å². The zero-order valence-electron chi connectivity index (χ0n) is 13.1. The molecule has 0 atom stereocenters. The summed E-state index contributed by atoms with van der Waals surface area (Å²) in [5.74, 6) is 0.196. The van der Waals surface area contributed by atoms with Crippen molar-refractivity contribution in [2.24, 2.45) is 0 Å². The molecule has 0 saturated heterocycles. The topological polar surface area (TPSA) is 17.1 Å². The van der Waals surface area contributed by atoms with Gasteiger partial charge in [-0.2, -0.15) is 0 Å². The summed E-state index contributed by atoms with van der Waals surface area (Å²) < 4.78 is 0. The molecule has 2 aromatic rings. The Labute approximate surface area is 132 Å². The lowest BCUT2D eigenvalue weighted by Gasteiger charge is -1.99. The summed E-state index contributed by atoms with van der Waals surface area (Å²) >= 11 is 0. The first kappa shape index (κ1) is 14.5. The zero-order valence-corrected chi connectivity index (χ0v) is 13.1. The van der Waals surface area contributed by atoms with Gasteiger partial charge < -0.3 is 0 Å². The molecule has 22 heavy (non-hydrogen) atoms. The molecule has 1 heteroatoms. The summed E-state index contributed by atoms with van der Waals surface area (Å²) in [6.45, 7) is 4.14. The Kier molecular flexibility index (Phi) is 4.06. The minimum absolute atomic E-state index is 0.196. The number of hydrogen-bond donors (Lipinski definition) is 0. The molecule has 0 amide bonds. The molecule has 110 valence electrons. The molecule has 0 aromatic heterocycles. The Bertz CT molecular complexity index is 678. The molecule has 0 bridgehead atoms. The predicted octanol–water partition coefficient (Wildman–Crippen LogP) is 5.13. The van der Waals surface area contributed by atoms with Gasteiger partial charge in [-0.05, 0) is 50.0 Å². The van der Waals surface area contributed by atoms with E-state index >= 15 is 0 Å². The van der Waals surface area contributed by atoms with Gasteiger partial charge in [-0.1, -0.05) is 59.7 Å². The van der Waals surface area contributed by atoms with E-state index in [1.54, 1.807) is 0 Å². The standard InChI is InChI=1S/C21H20O/c1-15-3-7-17(8-4-15)13-19-11-12-20(21(19)22)14-18-9-5-16(2)6-10-18/h3-10,13-14H,11-12H2,1-2H3/b19-13-,20-14-. The quantitative estimate of drug-likeness (QED) is 0.700. The fraction of sp³-hybridized carbons (Fsp3) is 0.190. The average molecular weight is 288 g/mol. The van der Waals surface area contributed by atoms with Gasteiger partial charge in [0.1, 0.15) is 0 Å². The number of allylic oxidation sites excluding steroid dienone is 2. The molecule has 1 nitrogen and oxygen atoms in total. The van der Waals surface area contributed by atoms with Crippen molar-refractivity contribution in [3.05, 3.63) is 81.9 Å². The fourth-order valence-corrected chi connectivity index (χ4v) is 2.71. The van der Waals surface area contributed by atoms with Crippen molar-refractivity contribution in [1.29, 1.82) is 0 Å². The van der Waals surface area contributed by atoms with Crippen LogP contribution < -0.4 is 0 Å². The highest BCUT2D eigenvalue weighted by atomic mass is 16.1. The Morgan fingerprint density at radius 3 is 1.41 bits per heavy atom. The lowest BCUT2D eigenvalue weighted by Crippen LogP contribution is -1.95. The molecule has 1 fully saturated rings. The maximum Gasteiger partial charge on any atom is 0.185 e. The van der Waals surface area contributed by atoms with Gasteiger partial charge in [-0.15, -0.1) is 0 Å². The average Bonchev–Trinajstić information content (AvgIpc) is 2.85. The highest BCUT2D eigenvalue weighted by Gasteiger charge is 2.22. The van der Waals surface area contributed by atoms with E-state index in [2.05, 4.69) is 62.4 Å². The van der Waals surface area contributed by atoms with Gasteiger partial charge in [-0.25, -0.2) is 0 Å². The first-order valence-electron chi connectivity index (χ1n) is 7.71. The van der Waals surface area contributed by atoms with Gasteiger partial charge in [-0.3, -0.25) is 4.79 Å². The molecule has 0 radical (unpaired) electrons. The van der Waals surface area contributed by atoms with Crippen LogP contribution in [0.3, 0.4) is 0 Å². The van der Waals surface area contributed by atoms with Crippen LogP contribution in [0.1, 0.15) is 35.1 Å². The molecule has 1 aliphatic carbocycles. The molecule has 0 heterocycles. The smallest absolute Gasteiger partial charge is 0.185 e. The number of hydrogen-bond acceptors (Lipinski definition) is 1. The number of benzene rings is 2. The first-order valence-corrected chi connectivity index (χ1v) is 7.71. The van der Waals surface area contributed by atoms with Gasteiger partial charge in [0.2, 0.25) is 0 Å². The second-order valence-electron chi connectivity index (χ2n) is 5.99. The largest absolute Gasteiger partial charge is 0.289 e. The summed E-state index contributed by atoms with van der Waals surface area (Å²) in [4.78, 5) is 12.5. The van der Waals surface area contributed by atoms with Crippen LogP contribution >= 0.6 is 0 Å².